The molecule has 0 radical (unpaired) electrons. The average Bonchev–Trinajstić information content (AvgIpc) is 2.36. The summed E-state index contributed by atoms with van der Waals surface area (Å²) in [6.07, 6.45) is 1.61. The molecule has 2 aromatic rings. The van der Waals surface area contributed by atoms with Crippen LogP contribution >= 0.6 is 15.9 Å². The summed E-state index contributed by atoms with van der Waals surface area (Å²) in [5.74, 6) is -0.0220. The molecule has 98 valence electrons. The number of aromatic nitrogens is 1. The average molecular weight is 321 g/mol. The Bertz CT molecular complexity index is 641. The summed E-state index contributed by atoms with van der Waals surface area (Å²) in [5.41, 5.74) is 2.66. The van der Waals surface area contributed by atoms with Gasteiger partial charge in [0.2, 0.25) is 0 Å². The predicted molar refractivity (Wildman–Crippen MR) is 77.5 cm³/mol. The highest BCUT2D eigenvalue weighted by Crippen LogP contribution is 2.25. The van der Waals surface area contributed by atoms with Crippen LogP contribution in [-0.4, -0.2) is 16.0 Å². The van der Waals surface area contributed by atoms with Crippen LogP contribution in [0.2, 0.25) is 0 Å². The van der Waals surface area contributed by atoms with Crippen molar-refractivity contribution in [1.29, 1.82) is 0 Å². The van der Waals surface area contributed by atoms with Crippen molar-refractivity contribution in [2.24, 2.45) is 0 Å². The highest BCUT2D eigenvalue weighted by atomic mass is 79.9. The molecule has 0 bridgehead atoms. The number of nitrogens with one attached hydrogen (secondary N) is 1. The van der Waals surface area contributed by atoms with Crippen molar-refractivity contribution in [1.82, 2.24) is 4.98 Å². The van der Waals surface area contributed by atoms with Gasteiger partial charge in [-0.15, -0.1) is 0 Å². The van der Waals surface area contributed by atoms with E-state index in [9.17, 15) is 9.90 Å². The first-order valence-corrected chi connectivity index (χ1v) is 6.50. The lowest BCUT2D eigenvalue weighted by Gasteiger charge is -2.11. The zero-order valence-electron chi connectivity index (χ0n) is 10.6. The Balaban J connectivity index is 2.30. The highest BCUT2D eigenvalue weighted by Gasteiger charge is 2.12. The van der Waals surface area contributed by atoms with E-state index in [-0.39, 0.29) is 11.7 Å². The second-order valence-electron chi connectivity index (χ2n) is 4.25. The van der Waals surface area contributed by atoms with E-state index in [0.717, 1.165) is 5.56 Å². The van der Waals surface area contributed by atoms with Crippen LogP contribution < -0.4 is 5.32 Å². The number of halogens is 1. The zero-order chi connectivity index (χ0) is 14.0. The maximum Gasteiger partial charge on any atom is 0.258 e. The van der Waals surface area contributed by atoms with Crippen molar-refractivity contribution in [2.45, 2.75) is 13.8 Å². The molecular formula is C14H13BrN2O2. The van der Waals surface area contributed by atoms with Crippen LogP contribution in [0.25, 0.3) is 0 Å². The van der Waals surface area contributed by atoms with E-state index in [2.05, 4.69) is 26.2 Å². The third-order valence-electron chi connectivity index (χ3n) is 2.79. The summed E-state index contributed by atoms with van der Waals surface area (Å²) in [7, 11) is 0. The zero-order valence-corrected chi connectivity index (χ0v) is 12.2. The molecule has 19 heavy (non-hydrogen) atoms. The molecule has 0 atom stereocenters. The fraction of sp³-hybridized carbons (Fsp3) is 0.143. The fourth-order valence-electron chi connectivity index (χ4n) is 1.68. The molecule has 1 aromatic heterocycles. The van der Waals surface area contributed by atoms with Crippen LogP contribution in [0.4, 0.5) is 5.69 Å². The summed E-state index contributed by atoms with van der Waals surface area (Å²) < 4.78 is 0.501. The van der Waals surface area contributed by atoms with Gasteiger partial charge in [-0.2, -0.15) is 0 Å². The van der Waals surface area contributed by atoms with E-state index in [1.807, 2.05) is 6.92 Å². The number of hydrogen-bond donors (Lipinski definition) is 2. The lowest BCUT2D eigenvalue weighted by Crippen LogP contribution is -2.14. The van der Waals surface area contributed by atoms with Crippen molar-refractivity contribution in [3.63, 3.8) is 0 Å². The monoisotopic (exact) mass is 320 g/mol. The number of pyridine rings is 1. The second-order valence-corrected chi connectivity index (χ2v) is 5.00. The van der Waals surface area contributed by atoms with E-state index in [1.54, 1.807) is 37.4 Å². The first-order chi connectivity index (χ1) is 8.99. The smallest absolute Gasteiger partial charge is 0.258 e. The number of anilines is 1. The number of aromatic hydroxyl groups is 1. The van der Waals surface area contributed by atoms with Crippen LogP contribution in [0.1, 0.15) is 21.5 Å². The van der Waals surface area contributed by atoms with E-state index in [0.29, 0.717) is 21.4 Å². The van der Waals surface area contributed by atoms with Crippen molar-refractivity contribution in [2.75, 3.05) is 5.32 Å². The maximum atomic E-state index is 12.1. The number of phenols is 1. The molecule has 5 heteroatoms. The molecule has 0 spiro atoms. The number of carbonyl (C=O) groups excluding carboxylic acids is 1. The van der Waals surface area contributed by atoms with E-state index < -0.39 is 0 Å². The van der Waals surface area contributed by atoms with Gasteiger partial charge >= 0.3 is 0 Å². The first-order valence-electron chi connectivity index (χ1n) is 5.71. The molecule has 4 nitrogen and oxygen atoms in total. The standard InChI is InChI=1S/C14H13BrN2O2/c1-8-7-12(18)9(2)6-11(8)17-14(19)10-4-3-5-16-13(10)15/h3-7,18H,1-2H3,(H,17,19). The summed E-state index contributed by atoms with van der Waals surface area (Å²) >= 11 is 3.24. The maximum absolute atomic E-state index is 12.1. The van der Waals surface area contributed by atoms with Gasteiger partial charge in [0.05, 0.1) is 5.56 Å². The molecule has 0 fully saturated rings. The third-order valence-corrected chi connectivity index (χ3v) is 3.43. The van der Waals surface area contributed by atoms with Gasteiger partial charge in [0.15, 0.2) is 0 Å². The summed E-state index contributed by atoms with van der Waals surface area (Å²) in [6, 6.07) is 6.76. The van der Waals surface area contributed by atoms with Gasteiger partial charge in [0.25, 0.3) is 5.91 Å². The van der Waals surface area contributed by atoms with Gasteiger partial charge in [0.1, 0.15) is 10.4 Å². The molecular weight excluding hydrogens is 308 g/mol. The van der Waals surface area contributed by atoms with Crippen LogP contribution in [-0.2, 0) is 0 Å². The van der Waals surface area contributed by atoms with Crippen molar-refractivity contribution >= 4 is 27.5 Å². The summed E-state index contributed by atoms with van der Waals surface area (Å²) in [6.45, 7) is 3.61. The lowest BCUT2D eigenvalue weighted by atomic mass is 10.1. The molecule has 0 saturated carbocycles. The fourth-order valence-corrected chi connectivity index (χ4v) is 2.11. The Morgan fingerprint density at radius 1 is 1.32 bits per heavy atom. The van der Waals surface area contributed by atoms with Crippen molar-refractivity contribution < 1.29 is 9.90 Å². The largest absolute Gasteiger partial charge is 0.508 e. The van der Waals surface area contributed by atoms with Gasteiger partial charge in [-0.05, 0) is 65.2 Å². The van der Waals surface area contributed by atoms with E-state index >= 15 is 0 Å². The highest BCUT2D eigenvalue weighted by molar-refractivity contribution is 9.10. The normalized spacial score (nSPS) is 10.3. The number of aryl methyl sites for hydroxylation is 2. The van der Waals surface area contributed by atoms with Gasteiger partial charge in [-0.25, -0.2) is 4.98 Å². The minimum absolute atomic E-state index is 0.220. The van der Waals surface area contributed by atoms with Crippen LogP contribution in [0.5, 0.6) is 5.75 Å². The molecule has 0 aliphatic heterocycles. The minimum atomic E-state index is -0.242. The number of rotatable bonds is 2. The molecule has 2 N–H and O–H groups in total. The molecule has 1 aromatic carbocycles. The Morgan fingerprint density at radius 2 is 2.05 bits per heavy atom. The van der Waals surface area contributed by atoms with Crippen LogP contribution in [0.3, 0.4) is 0 Å². The Hall–Kier alpha value is -1.88. The molecule has 1 amide bonds. The Kier molecular flexibility index (Phi) is 3.85. The number of phenolic OH excluding ortho intramolecular Hbond substituents is 1. The van der Waals surface area contributed by atoms with E-state index in [1.165, 1.54) is 0 Å². The Labute approximate surface area is 119 Å². The number of carbonyl (C=O) groups is 1. The van der Waals surface area contributed by atoms with Gasteiger partial charge in [0, 0.05) is 11.9 Å². The van der Waals surface area contributed by atoms with Gasteiger partial charge < -0.3 is 10.4 Å². The lowest BCUT2D eigenvalue weighted by molar-refractivity contribution is 0.102. The van der Waals surface area contributed by atoms with Crippen molar-refractivity contribution in [3.05, 3.63) is 51.8 Å². The Morgan fingerprint density at radius 3 is 2.74 bits per heavy atom. The molecule has 0 unspecified atom stereocenters. The molecule has 0 aliphatic carbocycles. The topological polar surface area (TPSA) is 62.2 Å². The molecule has 0 saturated heterocycles. The third kappa shape index (κ3) is 2.93. The predicted octanol–water partition coefficient (Wildman–Crippen LogP) is 3.42. The summed E-state index contributed by atoms with van der Waals surface area (Å²) in [4.78, 5) is 16.2. The molecule has 1 heterocycles. The van der Waals surface area contributed by atoms with Gasteiger partial charge in [-0.3, -0.25) is 4.79 Å². The van der Waals surface area contributed by atoms with Crippen molar-refractivity contribution in [3.8, 4) is 5.75 Å². The number of hydrogen-bond acceptors (Lipinski definition) is 3. The number of amides is 1. The van der Waals surface area contributed by atoms with Crippen LogP contribution in [0.15, 0.2) is 35.1 Å². The summed E-state index contributed by atoms with van der Waals surface area (Å²) in [5, 5.41) is 12.4. The molecule has 0 aliphatic rings. The number of benzene rings is 1. The van der Waals surface area contributed by atoms with E-state index in [4.69, 9.17) is 0 Å². The second kappa shape index (κ2) is 5.40. The quantitative estimate of drug-likeness (QED) is 0.658. The van der Waals surface area contributed by atoms with Gasteiger partial charge in [-0.1, -0.05) is 0 Å². The first kappa shape index (κ1) is 13.5. The molecule has 2 rings (SSSR count). The SMILES string of the molecule is Cc1cc(NC(=O)c2cccnc2Br)c(C)cc1O. The van der Waals surface area contributed by atoms with Crippen LogP contribution in [0, 0.1) is 13.8 Å². The minimum Gasteiger partial charge on any atom is -0.508 e. The number of nitrogens with zero attached hydrogens (tertiary/aromatic N) is 1.